The van der Waals surface area contributed by atoms with Gasteiger partial charge in [0, 0.05) is 17.8 Å². The van der Waals surface area contributed by atoms with Crippen LogP contribution in [0, 0.1) is 5.92 Å². The zero-order valence-electron chi connectivity index (χ0n) is 11.6. The number of carbonyl (C=O) groups is 1. The van der Waals surface area contributed by atoms with E-state index >= 15 is 0 Å². The second-order valence-electron chi connectivity index (χ2n) is 5.42. The Labute approximate surface area is 126 Å². The monoisotopic (exact) mass is 306 g/mol. The molecule has 1 amide bonds. The molecule has 2 aromatic rings. The quantitative estimate of drug-likeness (QED) is 0.798. The van der Waals surface area contributed by atoms with Crippen LogP contribution < -0.4 is 11.1 Å². The van der Waals surface area contributed by atoms with Crippen LogP contribution in [-0.2, 0) is 0 Å². The van der Waals surface area contributed by atoms with Gasteiger partial charge in [-0.1, -0.05) is 12.8 Å². The van der Waals surface area contributed by atoms with Crippen LogP contribution in [0.3, 0.4) is 0 Å². The van der Waals surface area contributed by atoms with Crippen LogP contribution in [-0.4, -0.2) is 33.9 Å². The van der Waals surface area contributed by atoms with Gasteiger partial charge in [-0.15, -0.1) is 16.4 Å². The smallest absolute Gasteiger partial charge is 0.263 e. The Balaban J connectivity index is 1.70. The van der Waals surface area contributed by atoms with Gasteiger partial charge in [0.05, 0.1) is 18.0 Å². The maximum absolute atomic E-state index is 12.3. The molecule has 1 saturated carbocycles. The van der Waals surface area contributed by atoms with Gasteiger partial charge < -0.3 is 16.2 Å². The number of aromatic nitrogens is 2. The van der Waals surface area contributed by atoms with Gasteiger partial charge in [0.15, 0.2) is 0 Å². The molecule has 0 radical (unpaired) electrons. The Kier molecular flexibility index (Phi) is 4.03. The number of fused-ring (bicyclic) bond motifs is 1. The zero-order valence-corrected chi connectivity index (χ0v) is 12.4. The Bertz CT molecular complexity index is 657. The maximum Gasteiger partial charge on any atom is 0.263 e. The highest BCUT2D eigenvalue weighted by Gasteiger charge is 2.24. The van der Waals surface area contributed by atoms with Crippen molar-refractivity contribution in [3.63, 3.8) is 0 Å². The SMILES string of the molecule is Nc1c(C(=O)NCC2CCCCC2O)sc2nnccc12. The molecule has 112 valence electrons. The molecule has 21 heavy (non-hydrogen) atoms. The summed E-state index contributed by atoms with van der Waals surface area (Å²) in [5, 5.41) is 21.3. The summed E-state index contributed by atoms with van der Waals surface area (Å²) >= 11 is 1.25. The Morgan fingerprint density at radius 3 is 3.05 bits per heavy atom. The molecule has 1 aliphatic carbocycles. The molecule has 0 aliphatic heterocycles. The van der Waals surface area contributed by atoms with Crippen molar-refractivity contribution in [3.05, 3.63) is 17.1 Å². The number of nitrogens with two attached hydrogens (primary N) is 1. The molecule has 2 aromatic heterocycles. The zero-order chi connectivity index (χ0) is 14.8. The topological polar surface area (TPSA) is 101 Å². The molecule has 3 rings (SSSR count). The third-order valence-corrected chi connectivity index (χ3v) is 5.12. The van der Waals surface area contributed by atoms with Crippen LogP contribution in [0.5, 0.6) is 0 Å². The molecule has 0 spiro atoms. The molecular formula is C14H18N4O2S. The molecule has 6 nitrogen and oxygen atoms in total. The first-order chi connectivity index (χ1) is 10.2. The van der Waals surface area contributed by atoms with Gasteiger partial charge in [0.25, 0.3) is 5.91 Å². The number of nitrogens with zero attached hydrogens (tertiary/aromatic N) is 2. The van der Waals surface area contributed by atoms with Crippen molar-refractivity contribution in [3.8, 4) is 0 Å². The molecule has 0 aromatic carbocycles. The fourth-order valence-corrected chi connectivity index (χ4v) is 3.73. The molecule has 1 fully saturated rings. The molecule has 2 atom stereocenters. The molecule has 2 heterocycles. The standard InChI is InChI=1S/C14H18N4O2S/c15-11-9-5-6-17-18-14(9)21-12(11)13(20)16-7-8-3-1-2-4-10(8)19/h5-6,8,10,19H,1-4,7,15H2,(H,16,20). The van der Waals surface area contributed by atoms with Crippen molar-refractivity contribution in [1.29, 1.82) is 0 Å². The number of aliphatic hydroxyl groups excluding tert-OH is 1. The highest BCUT2D eigenvalue weighted by molar-refractivity contribution is 7.21. The normalized spacial score (nSPS) is 22.3. The third kappa shape index (κ3) is 2.84. The number of nitrogen functional groups attached to an aromatic ring is 1. The van der Waals surface area contributed by atoms with Crippen LogP contribution in [0.25, 0.3) is 10.2 Å². The first kappa shape index (κ1) is 14.2. The van der Waals surface area contributed by atoms with Crippen LogP contribution >= 0.6 is 11.3 Å². The second kappa shape index (κ2) is 5.95. The van der Waals surface area contributed by atoms with Crippen molar-refractivity contribution in [2.75, 3.05) is 12.3 Å². The number of hydrogen-bond acceptors (Lipinski definition) is 6. The lowest BCUT2D eigenvalue weighted by Gasteiger charge is -2.27. The van der Waals surface area contributed by atoms with Crippen LogP contribution in [0.1, 0.15) is 35.4 Å². The molecular weight excluding hydrogens is 288 g/mol. The van der Waals surface area contributed by atoms with Crippen LogP contribution in [0.2, 0.25) is 0 Å². The van der Waals surface area contributed by atoms with Gasteiger partial charge in [-0.05, 0) is 18.9 Å². The summed E-state index contributed by atoms with van der Waals surface area (Å²) in [6, 6.07) is 1.76. The van der Waals surface area contributed by atoms with Gasteiger partial charge in [-0.25, -0.2) is 0 Å². The predicted octanol–water partition coefficient (Wildman–Crippen LogP) is 1.55. The van der Waals surface area contributed by atoms with E-state index in [2.05, 4.69) is 15.5 Å². The average molecular weight is 306 g/mol. The minimum Gasteiger partial charge on any atom is -0.397 e. The van der Waals surface area contributed by atoms with Crippen molar-refractivity contribution in [2.45, 2.75) is 31.8 Å². The maximum atomic E-state index is 12.3. The lowest BCUT2D eigenvalue weighted by atomic mass is 9.86. The summed E-state index contributed by atoms with van der Waals surface area (Å²) in [5.41, 5.74) is 6.46. The number of carbonyl (C=O) groups excluding carboxylic acids is 1. The largest absolute Gasteiger partial charge is 0.397 e. The lowest BCUT2D eigenvalue weighted by molar-refractivity contribution is 0.0664. The van der Waals surface area contributed by atoms with Crippen LogP contribution in [0.15, 0.2) is 12.3 Å². The number of hydrogen-bond donors (Lipinski definition) is 3. The highest BCUT2D eigenvalue weighted by Crippen LogP contribution is 2.31. The van der Waals surface area contributed by atoms with Crippen molar-refractivity contribution < 1.29 is 9.90 Å². The van der Waals surface area contributed by atoms with Crippen molar-refractivity contribution in [2.24, 2.45) is 5.92 Å². The highest BCUT2D eigenvalue weighted by atomic mass is 32.1. The fourth-order valence-electron chi connectivity index (χ4n) is 2.77. The summed E-state index contributed by atoms with van der Waals surface area (Å²) in [4.78, 5) is 13.4. The first-order valence-corrected chi connectivity index (χ1v) is 7.94. The molecule has 2 unspecified atom stereocenters. The van der Waals surface area contributed by atoms with Gasteiger partial charge in [-0.2, -0.15) is 5.10 Å². The Morgan fingerprint density at radius 2 is 2.29 bits per heavy atom. The lowest BCUT2D eigenvalue weighted by Crippen LogP contribution is -2.36. The van der Waals surface area contributed by atoms with Crippen LogP contribution in [0.4, 0.5) is 5.69 Å². The van der Waals surface area contributed by atoms with Gasteiger partial charge in [0.1, 0.15) is 9.71 Å². The fraction of sp³-hybridized carbons (Fsp3) is 0.500. The van der Waals surface area contributed by atoms with E-state index in [0.717, 1.165) is 31.1 Å². The van der Waals surface area contributed by atoms with E-state index in [4.69, 9.17) is 5.73 Å². The number of aliphatic hydroxyl groups is 1. The number of amides is 1. The number of nitrogens with one attached hydrogen (secondary N) is 1. The summed E-state index contributed by atoms with van der Waals surface area (Å²) in [7, 11) is 0. The summed E-state index contributed by atoms with van der Waals surface area (Å²) in [6.45, 7) is 0.485. The van der Waals surface area contributed by atoms with E-state index in [1.807, 2.05) is 0 Å². The van der Waals surface area contributed by atoms with E-state index < -0.39 is 0 Å². The second-order valence-corrected chi connectivity index (χ2v) is 6.42. The average Bonchev–Trinajstić information content (AvgIpc) is 2.84. The molecule has 7 heteroatoms. The first-order valence-electron chi connectivity index (χ1n) is 7.12. The number of anilines is 1. The molecule has 1 aliphatic rings. The predicted molar refractivity (Wildman–Crippen MR) is 82.1 cm³/mol. The Morgan fingerprint density at radius 1 is 1.48 bits per heavy atom. The molecule has 0 saturated heterocycles. The Hall–Kier alpha value is -1.73. The van der Waals surface area contributed by atoms with Gasteiger partial charge in [-0.3, -0.25) is 4.79 Å². The van der Waals surface area contributed by atoms with Gasteiger partial charge in [0.2, 0.25) is 0 Å². The molecule has 0 bridgehead atoms. The van der Waals surface area contributed by atoms with E-state index in [1.54, 1.807) is 12.3 Å². The number of thiophene rings is 1. The van der Waals surface area contributed by atoms with E-state index in [9.17, 15) is 9.90 Å². The van der Waals surface area contributed by atoms with Crippen molar-refractivity contribution in [1.82, 2.24) is 15.5 Å². The van der Waals surface area contributed by atoms with Gasteiger partial charge >= 0.3 is 0 Å². The summed E-state index contributed by atoms with van der Waals surface area (Å²) in [5.74, 6) is -0.0635. The van der Waals surface area contributed by atoms with E-state index in [-0.39, 0.29) is 17.9 Å². The minimum atomic E-state index is -0.315. The molecule has 4 N–H and O–H groups in total. The number of rotatable bonds is 3. The van der Waals surface area contributed by atoms with E-state index in [0.29, 0.717) is 21.9 Å². The summed E-state index contributed by atoms with van der Waals surface area (Å²) < 4.78 is 0. The van der Waals surface area contributed by atoms with E-state index in [1.165, 1.54) is 11.3 Å². The minimum absolute atomic E-state index is 0.137. The third-order valence-electron chi connectivity index (χ3n) is 4.02. The van der Waals surface area contributed by atoms with Crippen molar-refractivity contribution >= 4 is 33.1 Å². The summed E-state index contributed by atoms with van der Waals surface area (Å²) in [6.07, 6.45) is 5.19.